The molecule has 108 valence electrons. The normalized spacial score (nSPS) is 16.9. The molecule has 0 amide bonds. The quantitative estimate of drug-likeness (QED) is 0.823. The van der Waals surface area contributed by atoms with Crippen molar-refractivity contribution < 1.29 is 0 Å². The second kappa shape index (κ2) is 5.95. The van der Waals surface area contributed by atoms with Crippen molar-refractivity contribution in [3.05, 3.63) is 11.9 Å². The Kier molecular flexibility index (Phi) is 4.50. The Bertz CT molecular complexity index is 406. The van der Waals surface area contributed by atoms with Crippen LogP contribution in [-0.4, -0.2) is 29.2 Å². The number of anilines is 1. The van der Waals surface area contributed by atoms with E-state index in [0.29, 0.717) is 12.0 Å². The van der Waals surface area contributed by atoms with E-state index in [1.54, 1.807) is 0 Å². The summed E-state index contributed by atoms with van der Waals surface area (Å²) in [6, 6.07) is 0.960. The molecule has 1 fully saturated rings. The van der Waals surface area contributed by atoms with E-state index in [1.165, 1.54) is 18.5 Å². The first-order valence-electron chi connectivity index (χ1n) is 7.57. The Labute approximate surface area is 117 Å². The smallest absolute Gasteiger partial charge is 0.205 e. The highest BCUT2D eigenvalue weighted by atomic mass is 15.3. The highest BCUT2D eigenvalue weighted by Crippen LogP contribution is 2.38. The maximum absolute atomic E-state index is 6.13. The first kappa shape index (κ1) is 14.4. The average molecular weight is 264 g/mol. The van der Waals surface area contributed by atoms with Gasteiger partial charge in [0.05, 0.1) is 5.69 Å². The molecule has 0 radical (unpaired) electrons. The summed E-state index contributed by atoms with van der Waals surface area (Å²) in [5.74, 6) is 1.66. The van der Waals surface area contributed by atoms with Gasteiger partial charge in [0.1, 0.15) is 0 Å². The third-order valence-electron chi connectivity index (χ3n) is 4.06. The molecule has 1 heterocycles. The lowest BCUT2D eigenvalue weighted by Crippen LogP contribution is -2.32. The van der Waals surface area contributed by atoms with Crippen molar-refractivity contribution in [1.29, 1.82) is 0 Å². The molecule has 1 aliphatic rings. The van der Waals surface area contributed by atoms with E-state index >= 15 is 0 Å². The highest BCUT2D eigenvalue weighted by molar-refractivity contribution is 5.34. The van der Waals surface area contributed by atoms with Gasteiger partial charge >= 0.3 is 0 Å². The lowest BCUT2D eigenvalue weighted by molar-refractivity contribution is 0.464. The molecule has 0 spiro atoms. The summed E-state index contributed by atoms with van der Waals surface area (Å²) >= 11 is 0. The van der Waals surface area contributed by atoms with Gasteiger partial charge in [-0.05, 0) is 31.6 Å². The Morgan fingerprint density at radius 1 is 1.47 bits per heavy atom. The number of imidazole rings is 1. The van der Waals surface area contributed by atoms with Gasteiger partial charge in [0.25, 0.3) is 0 Å². The van der Waals surface area contributed by atoms with Crippen LogP contribution in [0.25, 0.3) is 0 Å². The number of hydrogen-bond donors (Lipinski definition) is 1. The minimum atomic E-state index is 0.275. The van der Waals surface area contributed by atoms with Gasteiger partial charge in [-0.1, -0.05) is 20.8 Å². The van der Waals surface area contributed by atoms with E-state index in [0.717, 1.165) is 25.3 Å². The number of nitrogens with zero attached hydrogens (tertiary/aromatic N) is 3. The van der Waals surface area contributed by atoms with Gasteiger partial charge < -0.3 is 15.2 Å². The van der Waals surface area contributed by atoms with Crippen LogP contribution < -0.4 is 10.6 Å². The van der Waals surface area contributed by atoms with Crippen LogP contribution in [-0.2, 0) is 6.42 Å². The number of aryl methyl sites for hydroxylation is 1. The van der Waals surface area contributed by atoms with Crippen LogP contribution in [0.3, 0.4) is 0 Å². The van der Waals surface area contributed by atoms with Crippen molar-refractivity contribution in [2.24, 2.45) is 11.7 Å². The van der Waals surface area contributed by atoms with Crippen molar-refractivity contribution in [3.63, 3.8) is 0 Å². The number of nitrogens with two attached hydrogens (primary N) is 1. The fourth-order valence-electron chi connectivity index (χ4n) is 2.28. The zero-order chi connectivity index (χ0) is 14.0. The fourth-order valence-corrected chi connectivity index (χ4v) is 2.28. The molecule has 1 unspecified atom stereocenters. The molecule has 2 N–H and O–H groups in total. The molecule has 0 saturated heterocycles. The average Bonchev–Trinajstić information content (AvgIpc) is 3.14. The molecule has 0 aliphatic heterocycles. The lowest BCUT2D eigenvalue weighted by Gasteiger charge is -2.23. The molecule has 19 heavy (non-hydrogen) atoms. The van der Waals surface area contributed by atoms with Crippen LogP contribution in [0.15, 0.2) is 6.20 Å². The minimum Gasteiger partial charge on any atom is -0.345 e. The standard InChI is InChI=1S/C15H28N4/c1-5-12-10-19(13-6-7-13)15(17-12)18(4)9-8-14(16)11(2)3/h10-11,13-14H,5-9,16H2,1-4H3. The predicted octanol–water partition coefficient (Wildman–Crippen LogP) is 2.59. The second-order valence-corrected chi connectivity index (χ2v) is 6.14. The first-order valence-corrected chi connectivity index (χ1v) is 7.57. The van der Waals surface area contributed by atoms with E-state index in [-0.39, 0.29) is 6.04 Å². The molecular weight excluding hydrogens is 236 g/mol. The molecule has 2 rings (SSSR count). The Balaban J connectivity index is 2.01. The van der Waals surface area contributed by atoms with Crippen molar-refractivity contribution in [1.82, 2.24) is 9.55 Å². The summed E-state index contributed by atoms with van der Waals surface area (Å²) in [6.07, 6.45) is 6.85. The largest absolute Gasteiger partial charge is 0.345 e. The van der Waals surface area contributed by atoms with Crippen molar-refractivity contribution in [2.75, 3.05) is 18.5 Å². The third kappa shape index (κ3) is 3.50. The summed E-state index contributed by atoms with van der Waals surface area (Å²) in [6.45, 7) is 7.51. The Morgan fingerprint density at radius 2 is 2.16 bits per heavy atom. The van der Waals surface area contributed by atoms with Crippen LogP contribution >= 0.6 is 0 Å². The Morgan fingerprint density at radius 3 is 2.68 bits per heavy atom. The third-order valence-corrected chi connectivity index (χ3v) is 4.06. The van der Waals surface area contributed by atoms with Crippen LogP contribution in [0.1, 0.15) is 51.8 Å². The van der Waals surface area contributed by atoms with Gasteiger partial charge in [0, 0.05) is 31.9 Å². The maximum Gasteiger partial charge on any atom is 0.205 e. The number of rotatable bonds is 7. The molecule has 0 aromatic carbocycles. The van der Waals surface area contributed by atoms with Gasteiger partial charge in [0.2, 0.25) is 5.95 Å². The second-order valence-electron chi connectivity index (χ2n) is 6.14. The fraction of sp³-hybridized carbons (Fsp3) is 0.800. The van der Waals surface area contributed by atoms with Crippen molar-refractivity contribution >= 4 is 5.95 Å². The van der Waals surface area contributed by atoms with Crippen molar-refractivity contribution in [3.8, 4) is 0 Å². The van der Waals surface area contributed by atoms with Gasteiger partial charge in [-0.2, -0.15) is 0 Å². The molecule has 4 heteroatoms. The summed E-state index contributed by atoms with van der Waals surface area (Å²) in [7, 11) is 2.13. The van der Waals surface area contributed by atoms with Crippen molar-refractivity contribution in [2.45, 2.75) is 58.5 Å². The van der Waals surface area contributed by atoms with Gasteiger partial charge in [-0.3, -0.25) is 0 Å². The van der Waals surface area contributed by atoms with Crippen LogP contribution in [0.4, 0.5) is 5.95 Å². The molecule has 4 nitrogen and oxygen atoms in total. The minimum absolute atomic E-state index is 0.275. The zero-order valence-corrected chi connectivity index (χ0v) is 12.8. The molecule has 1 saturated carbocycles. The van der Waals surface area contributed by atoms with Gasteiger partial charge in [-0.15, -0.1) is 0 Å². The summed E-state index contributed by atoms with van der Waals surface area (Å²) < 4.78 is 2.36. The topological polar surface area (TPSA) is 47.1 Å². The van der Waals surface area contributed by atoms with E-state index in [1.807, 2.05) is 0 Å². The van der Waals surface area contributed by atoms with E-state index in [2.05, 4.69) is 43.5 Å². The van der Waals surface area contributed by atoms with Crippen LogP contribution in [0.5, 0.6) is 0 Å². The van der Waals surface area contributed by atoms with E-state index in [4.69, 9.17) is 10.7 Å². The molecule has 1 aromatic heterocycles. The highest BCUT2D eigenvalue weighted by Gasteiger charge is 2.27. The molecule has 1 aromatic rings. The van der Waals surface area contributed by atoms with Gasteiger partial charge in [0.15, 0.2) is 0 Å². The SMILES string of the molecule is CCc1cn(C2CC2)c(N(C)CCC(N)C(C)C)n1. The predicted molar refractivity (Wildman–Crippen MR) is 80.6 cm³/mol. The molecular formula is C15H28N4. The van der Waals surface area contributed by atoms with E-state index in [9.17, 15) is 0 Å². The number of aromatic nitrogens is 2. The summed E-state index contributed by atoms with van der Waals surface area (Å²) in [4.78, 5) is 7.02. The number of hydrogen-bond acceptors (Lipinski definition) is 3. The maximum atomic E-state index is 6.13. The van der Waals surface area contributed by atoms with Crippen LogP contribution in [0, 0.1) is 5.92 Å². The first-order chi connectivity index (χ1) is 9.02. The van der Waals surface area contributed by atoms with Gasteiger partial charge in [-0.25, -0.2) is 4.98 Å². The zero-order valence-electron chi connectivity index (χ0n) is 12.8. The lowest BCUT2D eigenvalue weighted by atomic mass is 10.0. The molecule has 1 atom stereocenters. The monoisotopic (exact) mass is 264 g/mol. The molecule has 0 bridgehead atoms. The Hall–Kier alpha value is -1.03. The van der Waals surface area contributed by atoms with E-state index < -0.39 is 0 Å². The van der Waals surface area contributed by atoms with Crippen LogP contribution in [0.2, 0.25) is 0 Å². The summed E-state index contributed by atoms with van der Waals surface area (Å²) in [5, 5.41) is 0. The summed E-state index contributed by atoms with van der Waals surface area (Å²) in [5.41, 5.74) is 7.33. The molecule has 1 aliphatic carbocycles.